The highest BCUT2D eigenvalue weighted by atomic mass is 16.3. The molecule has 1 aromatic heterocycles. The average molecular weight is 193 g/mol. The van der Waals surface area contributed by atoms with E-state index in [0.717, 1.165) is 11.8 Å². The van der Waals surface area contributed by atoms with Crippen LogP contribution in [0.1, 0.15) is 37.8 Å². The lowest BCUT2D eigenvalue weighted by molar-refractivity contribution is 0.376. The van der Waals surface area contributed by atoms with Crippen LogP contribution in [0.15, 0.2) is 23.0 Å². The molecule has 0 aliphatic heterocycles. The molecule has 1 aliphatic rings. The summed E-state index contributed by atoms with van der Waals surface area (Å²) in [6.07, 6.45) is 7.69. The third kappa shape index (κ3) is 1.85. The van der Waals surface area contributed by atoms with Gasteiger partial charge in [0, 0.05) is 11.6 Å². The van der Waals surface area contributed by atoms with Crippen molar-refractivity contribution in [3.63, 3.8) is 0 Å². The summed E-state index contributed by atoms with van der Waals surface area (Å²) in [5.74, 6) is 1.68. The summed E-state index contributed by atoms with van der Waals surface area (Å²) >= 11 is 0. The van der Waals surface area contributed by atoms with Gasteiger partial charge in [-0.3, -0.25) is 0 Å². The van der Waals surface area contributed by atoms with Gasteiger partial charge in [-0.05, 0) is 37.8 Å². The van der Waals surface area contributed by atoms with Crippen molar-refractivity contribution < 1.29 is 4.42 Å². The SMILES string of the molecule is CNC(c1ccoc1)C1CCC(C)C1. The minimum atomic E-state index is 0.485. The third-order valence-electron chi connectivity index (χ3n) is 3.42. The molecule has 0 aromatic carbocycles. The molecule has 3 unspecified atom stereocenters. The first-order valence-electron chi connectivity index (χ1n) is 5.50. The van der Waals surface area contributed by atoms with Gasteiger partial charge in [-0.2, -0.15) is 0 Å². The molecule has 2 rings (SSSR count). The molecule has 1 heterocycles. The lowest BCUT2D eigenvalue weighted by Gasteiger charge is -2.21. The summed E-state index contributed by atoms with van der Waals surface area (Å²) < 4.78 is 5.14. The Bertz CT molecular complexity index is 268. The van der Waals surface area contributed by atoms with Crippen LogP contribution < -0.4 is 5.32 Å². The van der Waals surface area contributed by atoms with Gasteiger partial charge in [0.25, 0.3) is 0 Å². The maximum atomic E-state index is 5.14. The average Bonchev–Trinajstić information content (AvgIpc) is 2.79. The number of hydrogen-bond donors (Lipinski definition) is 1. The summed E-state index contributed by atoms with van der Waals surface area (Å²) in [5, 5.41) is 3.41. The molecule has 1 aliphatic carbocycles. The maximum Gasteiger partial charge on any atom is 0.0950 e. The lowest BCUT2D eigenvalue weighted by Crippen LogP contribution is -2.23. The molecule has 2 nitrogen and oxygen atoms in total. The van der Waals surface area contributed by atoms with Crippen LogP contribution >= 0.6 is 0 Å². The van der Waals surface area contributed by atoms with Crippen molar-refractivity contribution in [3.8, 4) is 0 Å². The highest BCUT2D eigenvalue weighted by Gasteiger charge is 2.29. The van der Waals surface area contributed by atoms with Crippen LogP contribution in [0.4, 0.5) is 0 Å². The van der Waals surface area contributed by atoms with E-state index in [1.165, 1.54) is 24.8 Å². The minimum Gasteiger partial charge on any atom is -0.472 e. The van der Waals surface area contributed by atoms with Crippen LogP contribution in [0.3, 0.4) is 0 Å². The van der Waals surface area contributed by atoms with Crippen molar-refractivity contribution in [2.45, 2.75) is 32.2 Å². The molecule has 0 spiro atoms. The van der Waals surface area contributed by atoms with E-state index in [0.29, 0.717) is 6.04 Å². The van der Waals surface area contributed by atoms with Crippen molar-refractivity contribution in [1.29, 1.82) is 0 Å². The van der Waals surface area contributed by atoms with Crippen molar-refractivity contribution in [3.05, 3.63) is 24.2 Å². The maximum absolute atomic E-state index is 5.14. The van der Waals surface area contributed by atoms with E-state index in [1.54, 1.807) is 6.26 Å². The summed E-state index contributed by atoms with van der Waals surface area (Å²) in [4.78, 5) is 0. The molecule has 1 fully saturated rings. The van der Waals surface area contributed by atoms with Crippen LogP contribution in [0.5, 0.6) is 0 Å². The van der Waals surface area contributed by atoms with E-state index in [4.69, 9.17) is 4.42 Å². The Hall–Kier alpha value is -0.760. The molecule has 1 N–H and O–H groups in total. The van der Waals surface area contributed by atoms with Crippen molar-refractivity contribution in [1.82, 2.24) is 5.32 Å². The second-order valence-corrected chi connectivity index (χ2v) is 4.50. The van der Waals surface area contributed by atoms with Crippen LogP contribution in [-0.2, 0) is 0 Å². The summed E-state index contributed by atoms with van der Waals surface area (Å²) in [7, 11) is 2.04. The van der Waals surface area contributed by atoms with E-state index in [2.05, 4.69) is 18.3 Å². The summed E-state index contributed by atoms with van der Waals surface area (Å²) in [5.41, 5.74) is 1.30. The van der Waals surface area contributed by atoms with Gasteiger partial charge in [0.05, 0.1) is 12.5 Å². The fraction of sp³-hybridized carbons (Fsp3) is 0.667. The topological polar surface area (TPSA) is 25.2 Å². The van der Waals surface area contributed by atoms with Crippen LogP contribution in [0.2, 0.25) is 0 Å². The quantitative estimate of drug-likeness (QED) is 0.798. The van der Waals surface area contributed by atoms with Crippen LogP contribution in [0, 0.1) is 11.8 Å². The molecule has 0 radical (unpaired) electrons. The smallest absolute Gasteiger partial charge is 0.0950 e. The van der Waals surface area contributed by atoms with Crippen LogP contribution in [0.25, 0.3) is 0 Å². The van der Waals surface area contributed by atoms with Gasteiger partial charge in [-0.1, -0.05) is 13.3 Å². The van der Waals surface area contributed by atoms with E-state index in [-0.39, 0.29) is 0 Å². The number of nitrogens with one attached hydrogen (secondary N) is 1. The molecule has 14 heavy (non-hydrogen) atoms. The van der Waals surface area contributed by atoms with E-state index >= 15 is 0 Å². The molecule has 2 heteroatoms. The normalized spacial score (nSPS) is 29.3. The Balaban J connectivity index is 2.07. The number of rotatable bonds is 3. The first kappa shape index (κ1) is 9.78. The predicted molar refractivity (Wildman–Crippen MR) is 57.0 cm³/mol. The molecular weight excluding hydrogens is 174 g/mol. The summed E-state index contributed by atoms with van der Waals surface area (Å²) in [6, 6.07) is 2.56. The molecule has 0 amide bonds. The Morgan fingerprint density at radius 1 is 1.50 bits per heavy atom. The second kappa shape index (κ2) is 4.18. The molecule has 1 aromatic rings. The Labute approximate surface area is 85.7 Å². The largest absolute Gasteiger partial charge is 0.472 e. The highest BCUT2D eigenvalue weighted by Crippen LogP contribution is 2.38. The van der Waals surface area contributed by atoms with Crippen molar-refractivity contribution in [2.24, 2.45) is 11.8 Å². The van der Waals surface area contributed by atoms with E-state index < -0.39 is 0 Å². The predicted octanol–water partition coefficient (Wildman–Crippen LogP) is 2.98. The van der Waals surface area contributed by atoms with Crippen molar-refractivity contribution in [2.75, 3.05) is 7.05 Å². The lowest BCUT2D eigenvalue weighted by atomic mass is 9.93. The van der Waals surface area contributed by atoms with Gasteiger partial charge in [-0.15, -0.1) is 0 Å². The molecular formula is C12H19NO. The number of hydrogen-bond acceptors (Lipinski definition) is 2. The van der Waals surface area contributed by atoms with E-state index in [1.807, 2.05) is 13.3 Å². The fourth-order valence-electron chi connectivity index (χ4n) is 2.68. The monoisotopic (exact) mass is 193 g/mol. The molecule has 3 atom stereocenters. The number of furan rings is 1. The highest BCUT2D eigenvalue weighted by molar-refractivity contribution is 5.13. The fourth-order valence-corrected chi connectivity index (χ4v) is 2.68. The zero-order valence-electron chi connectivity index (χ0n) is 8.99. The molecule has 0 bridgehead atoms. The Kier molecular flexibility index (Phi) is 2.92. The standard InChI is InChI=1S/C12H19NO/c1-9-3-4-10(7-9)12(13-2)11-5-6-14-8-11/h5-6,8-10,12-13H,3-4,7H2,1-2H3. The summed E-state index contributed by atoms with van der Waals surface area (Å²) in [6.45, 7) is 2.35. The van der Waals surface area contributed by atoms with Gasteiger partial charge < -0.3 is 9.73 Å². The molecule has 0 saturated heterocycles. The first-order chi connectivity index (χ1) is 6.81. The Morgan fingerprint density at radius 2 is 2.36 bits per heavy atom. The second-order valence-electron chi connectivity index (χ2n) is 4.50. The van der Waals surface area contributed by atoms with Crippen LogP contribution in [-0.4, -0.2) is 7.05 Å². The van der Waals surface area contributed by atoms with Gasteiger partial charge in [0.2, 0.25) is 0 Å². The van der Waals surface area contributed by atoms with Gasteiger partial charge in [0.1, 0.15) is 0 Å². The van der Waals surface area contributed by atoms with Gasteiger partial charge in [-0.25, -0.2) is 0 Å². The molecule has 1 saturated carbocycles. The van der Waals surface area contributed by atoms with Gasteiger partial charge in [0.15, 0.2) is 0 Å². The zero-order valence-corrected chi connectivity index (χ0v) is 8.99. The third-order valence-corrected chi connectivity index (χ3v) is 3.42. The van der Waals surface area contributed by atoms with E-state index in [9.17, 15) is 0 Å². The first-order valence-corrected chi connectivity index (χ1v) is 5.50. The molecule has 78 valence electrons. The Morgan fingerprint density at radius 3 is 2.86 bits per heavy atom. The zero-order chi connectivity index (χ0) is 9.97. The van der Waals surface area contributed by atoms with Gasteiger partial charge >= 0.3 is 0 Å². The minimum absolute atomic E-state index is 0.485. The van der Waals surface area contributed by atoms with Crippen molar-refractivity contribution >= 4 is 0 Å².